The van der Waals surface area contributed by atoms with Gasteiger partial charge in [0.25, 0.3) is 0 Å². The van der Waals surface area contributed by atoms with Crippen LogP contribution in [0.1, 0.15) is 30.9 Å². The van der Waals surface area contributed by atoms with Crippen LogP contribution in [0.2, 0.25) is 0 Å². The second-order valence-corrected chi connectivity index (χ2v) is 4.44. The predicted molar refractivity (Wildman–Crippen MR) is 63.5 cm³/mol. The summed E-state index contributed by atoms with van der Waals surface area (Å²) in [5.74, 6) is 0.683. The first kappa shape index (κ1) is 12.0. The van der Waals surface area contributed by atoms with Crippen LogP contribution >= 0.6 is 28.3 Å². The zero-order chi connectivity index (χ0) is 9.26. The van der Waals surface area contributed by atoms with Gasteiger partial charge in [0, 0.05) is 12.2 Å². The molecule has 2 nitrogen and oxygen atoms in total. The monoisotopic (exact) mass is 276 g/mol. The minimum Gasteiger partial charge on any atom is -0.324 e. The van der Waals surface area contributed by atoms with E-state index >= 15 is 0 Å². The Balaban J connectivity index is 0.000000980. The van der Waals surface area contributed by atoms with Crippen LogP contribution in [0.25, 0.3) is 0 Å². The quantitative estimate of drug-likeness (QED) is 0.844. The van der Waals surface area contributed by atoms with Crippen molar-refractivity contribution < 1.29 is 0 Å². The van der Waals surface area contributed by atoms with Crippen LogP contribution < -0.4 is 5.73 Å². The zero-order valence-electron chi connectivity index (χ0n) is 7.82. The molecule has 78 valence electrons. The fraction of sp³-hybridized carbons (Fsp3) is 0.500. The normalized spacial score (nSPS) is 18.1. The fourth-order valence-corrected chi connectivity index (χ4v) is 1.89. The van der Waals surface area contributed by atoms with Crippen LogP contribution in [0.4, 0.5) is 0 Å². The molecule has 0 spiro atoms. The van der Waals surface area contributed by atoms with Crippen LogP contribution in [0.5, 0.6) is 0 Å². The van der Waals surface area contributed by atoms with Crippen molar-refractivity contribution in [1.29, 1.82) is 0 Å². The molecule has 1 heterocycles. The molecule has 0 amide bonds. The number of rotatable bonds is 2. The highest BCUT2D eigenvalue weighted by Crippen LogP contribution is 2.35. The molecule has 1 aliphatic carbocycles. The highest BCUT2D eigenvalue weighted by Gasteiger charge is 2.25. The zero-order valence-corrected chi connectivity index (χ0v) is 10.2. The Morgan fingerprint density at radius 2 is 2.14 bits per heavy atom. The van der Waals surface area contributed by atoms with Gasteiger partial charge in [0.1, 0.15) is 4.60 Å². The van der Waals surface area contributed by atoms with Crippen LogP contribution in [-0.2, 0) is 0 Å². The summed E-state index contributed by atoms with van der Waals surface area (Å²) in [6.45, 7) is 0. The lowest BCUT2D eigenvalue weighted by Crippen LogP contribution is -2.26. The highest BCUT2D eigenvalue weighted by atomic mass is 79.9. The van der Waals surface area contributed by atoms with E-state index in [4.69, 9.17) is 5.73 Å². The van der Waals surface area contributed by atoms with E-state index in [2.05, 4.69) is 27.0 Å². The maximum absolute atomic E-state index is 6.10. The minimum atomic E-state index is 0. The number of nitrogens with two attached hydrogens (primary N) is 1. The topological polar surface area (TPSA) is 38.9 Å². The Bertz CT molecular complexity index is 285. The Kier molecular flexibility index (Phi) is 4.35. The standard InChI is InChI=1S/C10H13BrN2.ClH/c11-9-5-4-8(6-13-9)10(12)7-2-1-3-7;/h4-7,10H,1-3,12H2;1H/t10-;/m1./s1. The third kappa shape index (κ3) is 2.47. The largest absolute Gasteiger partial charge is 0.324 e. The van der Waals surface area contributed by atoms with Gasteiger partial charge < -0.3 is 5.73 Å². The van der Waals surface area contributed by atoms with Crippen molar-refractivity contribution in [3.63, 3.8) is 0 Å². The smallest absolute Gasteiger partial charge is 0.106 e. The Morgan fingerprint density at radius 3 is 2.57 bits per heavy atom. The Labute approximate surface area is 98.8 Å². The molecule has 1 saturated carbocycles. The predicted octanol–water partition coefficient (Wildman–Crippen LogP) is 3.07. The molecule has 0 unspecified atom stereocenters. The third-order valence-electron chi connectivity index (χ3n) is 2.79. The fourth-order valence-electron chi connectivity index (χ4n) is 1.66. The lowest BCUT2D eigenvalue weighted by molar-refractivity contribution is 0.264. The van der Waals surface area contributed by atoms with Gasteiger partial charge >= 0.3 is 0 Å². The van der Waals surface area contributed by atoms with E-state index in [0.29, 0.717) is 5.92 Å². The van der Waals surface area contributed by atoms with E-state index in [0.717, 1.165) is 10.2 Å². The van der Waals surface area contributed by atoms with Crippen molar-refractivity contribution in [1.82, 2.24) is 4.98 Å². The van der Waals surface area contributed by atoms with Gasteiger partial charge in [-0.15, -0.1) is 12.4 Å². The van der Waals surface area contributed by atoms with Crippen molar-refractivity contribution in [3.8, 4) is 0 Å². The summed E-state index contributed by atoms with van der Waals surface area (Å²) >= 11 is 3.31. The molecule has 2 N–H and O–H groups in total. The van der Waals surface area contributed by atoms with Crippen molar-refractivity contribution in [2.45, 2.75) is 25.3 Å². The number of nitrogens with zero attached hydrogens (tertiary/aromatic N) is 1. The highest BCUT2D eigenvalue weighted by molar-refractivity contribution is 9.10. The van der Waals surface area contributed by atoms with Gasteiger partial charge in [-0.2, -0.15) is 0 Å². The number of pyridine rings is 1. The second-order valence-electron chi connectivity index (χ2n) is 3.63. The van der Waals surface area contributed by atoms with Crippen LogP contribution in [0.3, 0.4) is 0 Å². The van der Waals surface area contributed by atoms with Gasteiger partial charge in [0.15, 0.2) is 0 Å². The van der Waals surface area contributed by atoms with Gasteiger partial charge in [-0.3, -0.25) is 0 Å². The maximum Gasteiger partial charge on any atom is 0.106 e. The summed E-state index contributed by atoms with van der Waals surface area (Å²) in [6, 6.07) is 4.20. The molecule has 1 aliphatic rings. The molecule has 1 atom stereocenters. The average Bonchev–Trinajstić information content (AvgIpc) is 2.02. The lowest BCUT2D eigenvalue weighted by Gasteiger charge is -2.31. The first-order chi connectivity index (χ1) is 6.27. The molecule has 1 aromatic rings. The van der Waals surface area contributed by atoms with Crippen molar-refractivity contribution >= 4 is 28.3 Å². The summed E-state index contributed by atoms with van der Waals surface area (Å²) < 4.78 is 0.872. The SMILES string of the molecule is Cl.N[C@@H](c1ccc(Br)nc1)C1CCC1. The molecule has 0 saturated heterocycles. The van der Waals surface area contributed by atoms with E-state index in [1.165, 1.54) is 19.3 Å². The number of aromatic nitrogens is 1. The van der Waals surface area contributed by atoms with Crippen LogP contribution in [0, 0.1) is 5.92 Å². The van der Waals surface area contributed by atoms with Crippen LogP contribution in [0.15, 0.2) is 22.9 Å². The first-order valence-electron chi connectivity index (χ1n) is 4.64. The average molecular weight is 278 g/mol. The van der Waals surface area contributed by atoms with E-state index in [1.807, 2.05) is 12.3 Å². The van der Waals surface area contributed by atoms with E-state index in [9.17, 15) is 0 Å². The summed E-state index contributed by atoms with van der Waals surface area (Å²) in [5.41, 5.74) is 7.26. The Morgan fingerprint density at radius 1 is 1.43 bits per heavy atom. The summed E-state index contributed by atoms with van der Waals surface area (Å²) in [4.78, 5) is 4.18. The summed E-state index contributed by atoms with van der Waals surface area (Å²) in [7, 11) is 0. The molecule has 0 bridgehead atoms. The molecule has 14 heavy (non-hydrogen) atoms. The van der Waals surface area contributed by atoms with Gasteiger partial charge in [-0.1, -0.05) is 12.5 Å². The molecule has 1 aromatic heterocycles. The first-order valence-corrected chi connectivity index (χ1v) is 5.43. The Hall–Kier alpha value is -0.120. The van der Waals surface area contributed by atoms with Gasteiger partial charge in [0.2, 0.25) is 0 Å². The third-order valence-corrected chi connectivity index (χ3v) is 3.26. The molecular weight excluding hydrogens is 263 g/mol. The molecule has 1 fully saturated rings. The lowest BCUT2D eigenvalue weighted by atomic mass is 9.78. The molecular formula is C10H14BrClN2. The number of hydrogen-bond donors (Lipinski definition) is 1. The summed E-state index contributed by atoms with van der Waals surface area (Å²) in [5, 5.41) is 0. The molecule has 2 rings (SSSR count). The summed E-state index contributed by atoms with van der Waals surface area (Å²) in [6.07, 6.45) is 5.75. The molecule has 0 aromatic carbocycles. The number of hydrogen-bond acceptors (Lipinski definition) is 2. The van der Waals surface area contributed by atoms with Crippen LogP contribution in [-0.4, -0.2) is 4.98 Å². The van der Waals surface area contributed by atoms with Gasteiger partial charge in [-0.25, -0.2) is 4.98 Å². The van der Waals surface area contributed by atoms with Gasteiger partial charge in [0.05, 0.1) is 0 Å². The molecule has 0 radical (unpaired) electrons. The number of halogens is 2. The van der Waals surface area contributed by atoms with E-state index in [1.54, 1.807) is 0 Å². The van der Waals surface area contributed by atoms with Gasteiger partial charge in [-0.05, 0) is 46.3 Å². The van der Waals surface area contributed by atoms with E-state index in [-0.39, 0.29) is 18.4 Å². The van der Waals surface area contributed by atoms with E-state index < -0.39 is 0 Å². The minimum absolute atomic E-state index is 0. The molecule has 0 aliphatic heterocycles. The second kappa shape index (κ2) is 5.10. The van der Waals surface area contributed by atoms with Crippen molar-refractivity contribution in [2.24, 2.45) is 11.7 Å². The maximum atomic E-state index is 6.10. The molecule has 4 heteroatoms. The van der Waals surface area contributed by atoms with Crippen molar-refractivity contribution in [3.05, 3.63) is 28.5 Å². The van der Waals surface area contributed by atoms with Crippen molar-refractivity contribution in [2.75, 3.05) is 0 Å².